The third-order valence-corrected chi connectivity index (χ3v) is 3.62. The van der Waals surface area contributed by atoms with Crippen molar-refractivity contribution in [2.45, 2.75) is 25.8 Å². The Morgan fingerprint density at radius 2 is 2.06 bits per heavy atom. The zero-order valence-electron chi connectivity index (χ0n) is 10.3. The number of methoxy groups -OCH3 is 1. The summed E-state index contributed by atoms with van der Waals surface area (Å²) in [4.78, 5) is 4.82. The lowest BCUT2D eigenvalue weighted by molar-refractivity contribution is -0.392. The summed E-state index contributed by atoms with van der Waals surface area (Å²) >= 11 is 0. The zero-order valence-corrected chi connectivity index (χ0v) is 10.3. The molecule has 0 radical (unpaired) electrons. The molecule has 3 nitrogen and oxygen atoms in total. The van der Waals surface area contributed by atoms with Gasteiger partial charge in [-0.3, -0.25) is 0 Å². The fourth-order valence-electron chi connectivity index (χ4n) is 2.67. The van der Waals surface area contributed by atoms with Crippen LogP contribution in [0.5, 0.6) is 5.75 Å². The van der Waals surface area contributed by atoms with Crippen molar-refractivity contribution in [1.29, 1.82) is 0 Å². The minimum atomic E-state index is 0.219. The van der Waals surface area contributed by atoms with Crippen molar-refractivity contribution < 1.29 is 9.31 Å². The number of rotatable bonds is 2. The Hall–Kier alpha value is -1.64. The molecule has 2 aliphatic rings. The van der Waals surface area contributed by atoms with Gasteiger partial charge in [0, 0.05) is 5.56 Å². The summed E-state index contributed by atoms with van der Waals surface area (Å²) in [6.45, 7) is 3.33. The quantitative estimate of drug-likeness (QED) is 0.715. The summed E-state index contributed by atoms with van der Waals surface area (Å²) in [6, 6.07) is 8.45. The average molecular weight is 229 g/mol. The van der Waals surface area contributed by atoms with Crippen LogP contribution in [-0.4, -0.2) is 29.8 Å². The molecule has 1 aromatic rings. The molecule has 0 bridgehead atoms. The molecular formula is C14H17N2O+. The first kappa shape index (κ1) is 10.5. The Balaban J connectivity index is 1.93. The highest BCUT2D eigenvalue weighted by Gasteiger charge is 2.37. The van der Waals surface area contributed by atoms with E-state index in [0.717, 1.165) is 18.7 Å². The molecule has 0 saturated carbocycles. The van der Waals surface area contributed by atoms with Gasteiger partial charge in [0.15, 0.2) is 0 Å². The molecule has 0 aromatic heterocycles. The largest absolute Gasteiger partial charge is 0.497 e. The summed E-state index contributed by atoms with van der Waals surface area (Å²) < 4.78 is 7.55. The van der Waals surface area contributed by atoms with Crippen molar-refractivity contribution >= 4 is 11.5 Å². The van der Waals surface area contributed by atoms with Crippen LogP contribution < -0.4 is 4.74 Å². The van der Waals surface area contributed by atoms with E-state index in [1.54, 1.807) is 7.11 Å². The number of fused-ring (bicyclic) bond motifs is 1. The summed E-state index contributed by atoms with van der Waals surface area (Å²) in [6.07, 6.45) is 2.37. The number of nitrogens with zero attached hydrogens (tertiary/aromatic N) is 2. The van der Waals surface area contributed by atoms with Crippen LogP contribution in [0.3, 0.4) is 0 Å². The Morgan fingerprint density at radius 3 is 2.71 bits per heavy atom. The monoisotopic (exact) mass is 229 g/mol. The van der Waals surface area contributed by atoms with Crippen molar-refractivity contribution in [3.05, 3.63) is 29.8 Å². The lowest BCUT2D eigenvalue weighted by Crippen LogP contribution is -2.16. The molecule has 0 spiro atoms. The minimum Gasteiger partial charge on any atom is -0.497 e. The molecular weight excluding hydrogens is 212 g/mol. The van der Waals surface area contributed by atoms with Crippen molar-refractivity contribution in [3.8, 4) is 5.75 Å². The summed E-state index contributed by atoms with van der Waals surface area (Å²) in [5.74, 6) is 2.17. The van der Waals surface area contributed by atoms with Crippen LogP contribution in [0.4, 0.5) is 0 Å². The van der Waals surface area contributed by atoms with Crippen LogP contribution in [0, 0.1) is 0 Å². The topological polar surface area (TPSA) is 24.6 Å². The minimum absolute atomic E-state index is 0.219. The Bertz CT molecular complexity index is 499. The molecule has 88 valence electrons. The van der Waals surface area contributed by atoms with Gasteiger partial charge in [0.25, 0.3) is 5.84 Å². The molecule has 2 aliphatic heterocycles. The molecule has 3 rings (SSSR count). The normalized spacial score (nSPS) is 22.7. The van der Waals surface area contributed by atoms with Crippen LogP contribution in [0.25, 0.3) is 0 Å². The molecule has 1 atom stereocenters. The molecule has 3 heteroatoms. The van der Waals surface area contributed by atoms with E-state index in [2.05, 4.69) is 23.6 Å². The summed E-state index contributed by atoms with van der Waals surface area (Å²) in [5, 5.41) is 0. The average Bonchev–Trinajstić information content (AvgIpc) is 2.93. The highest BCUT2D eigenvalue weighted by Crippen LogP contribution is 2.28. The number of hydrogen-bond acceptors (Lipinski definition) is 2. The maximum absolute atomic E-state index is 5.18. The second-order valence-corrected chi connectivity index (χ2v) is 4.62. The Labute approximate surface area is 101 Å². The molecule has 1 aromatic carbocycles. The van der Waals surface area contributed by atoms with Gasteiger partial charge < -0.3 is 4.74 Å². The SMILES string of the molecule is COc1ccc([C@@H]2N=C3CCC[N+]3=C2C)cc1. The first-order chi connectivity index (χ1) is 8.29. The van der Waals surface area contributed by atoms with Crippen molar-refractivity contribution in [2.75, 3.05) is 13.7 Å². The fraction of sp³-hybridized carbons (Fsp3) is 0.429. The molecule has 1 fully saturated rings. The van der Waals surface area contributed by atoms with E-state index in [0.29, 0.717) is 0 Å². The predicted molar refractivity (Wildman–Crippen MR) is 68.2 cm³/mol. The Kier molecular flexibility index (Phi) is 2.46. The standard InChI is InChI=1S/C14H17N2O/c1-10-14(15-13-4-3-9-16(10)13)11-5-7-12(17-2)8-6-11/h5-8,14H,3-4,9H2,1-2H3/q+1/t14-/m1/s1. The van der Waals surface area contributed by atoms with Gasteiger partial charge in [0.1, 0.15) is 11.5 Å². The fourth-order valence-corrected chi connectivity index (χ4v) is 2.67. The van der Waals surface area contributed by atoms with Gasteiger partial charge in [-0.05, 0) is 25.5 Å². The number of ether oxygens (including phenoxy) is 1. The molecule has 0 unspecified atom stereocenters. The van der Waals surface area contributed by atoms with Crippen LogP contribution >= 0.6 is 0 Å². The van der Waals surface area contributed by atoms with Gasteiger partial charge >= 0.3 is 0 Å². The van der Waals surface area contributed by atoms with Gasteiger partial charge in [0.05, 0.1) is 20.1 Å². The molecule has 0 amide bonds. The Morgan fingerprint density at radius 1 is 1.29 bits per heavy atom. The van der Waals surface area contributed by atoms with E-state index < -0.39 is 0 Å². The molecule has 0 aliphatic carbocycles. The first-order valence-electron chi connectivity index (χ1n) is 6.11. The number of amidine groups is 1. The van der Waals surface area contributed by atoms with Gasteiger partial charge in [0.2, 0.25) is 6.04 Å². The van der Waals surface area contributed by atoms with Crippen LogP contribution in [0.2, 0.25) is 0 Å². The number of aliphatic imine (C=N–C) groups is 1. The first-order valence-corrected chi connectivity index (χ1v) is 6.11. The van der Waals surface area contributed by atoms with E-state index in [9.17, 15) is 0 Å². The summed E-state index contributed by atoms with van der Waals surface area (Å²) in [7, 11) is 1.69. The predicted octanol–water partition coefficient (Wildman–Crippen LogP) is 2.42. The van der Waals surface area contributed by atoms with E-state index in [1.165, 1.54) is 23.5 Å². The number of benzene rings is 1. The van der Waals surface area contributed by atoms with E-state index in [1.807, 2.05) is 12.1 Å². The second-order valence-electron chi connectivity index (χ2n) is 4.62. The maximum Gasteiger partial charge on any atom is 0.293 e. The molecule has 2 heterocycles. The highest BCUT2D eigenvalue weighted by molar-refractivity contribution is 5.96. The van der Waals surface area contributed by atoms with Crippen LogP contribution in [0.15, 0.2) is 29.3 Å². The van der Waals surface area contributed by atoms with Gasteiger partial charge in [-0.25, -0.2) is 4.58 Å². The van der Waals surface area contributed by atoms with Crippen molar-refractivity contribution in [2.24, 2.45) is 4.99 Å². The molecule has 0 N–H and O–H groups in total. The third-order valence-electron chi connectivity index (χ3n) is 3.62. The lowest BCUT2D eigenvalue weighted by Gasteiger charge is -2.05. The molecule has 1 saturated heterocycles. The smallest absolute Gasteiger partial charge is 0.293 e. The second kappa shape index (κ2) is 3.99. The third kappa shape index (κ3) is 1.66. The van der Waals surface area contributed by atoms with Crippen molar-refractivity contribution in [1.82, 2.24) is 0 Å². The zero-order chi connectivity index (χ0) is 11.8. The number of hydrogen-bond donors (Lipinski definition) is 0. The summed E-state index contributed by atoms with van der Waals surface area (Å²) in [5.41, 5.74) is 2.62. The maximum atomic E-state index is 5.18. The van der Waals surface area contributed by atoms with Crippen molar-refractivity contribution in [3.63, 3.8) is 0 Å². The van der Waals surface area contributed by atoms with E-state index >= 15 is 0 Å². The van der Waals surface area contributed by atoms with Gasteiger partial charge in [-0.15, -0.1) is 0 Å². The molecule has 17 heavy (non-hydrogen) atoms. The highest BCUT2D eigenvalue weighted by atomic mass is 16.5. The van der Waals surface area contributed by atoms with Crippen LogP contribution in [-0.2, 0) is 0 Å². The van der Waals surface area contributed by atoms with Crippen LogP contribution in [0.1, 0.15) is 31.4 Å². The van der Waals surface area contributed by atoms with Gasteiger partial charge in [-0.2, -0.15) is 0 Å². The van der Waals surface area contributed by atoms with E-state index in [4.69, 9.17) is 9.73 Å². The van der Waals surface area contributed by atoms with E-state index in [-0.39, 0.29) is 6.04 Å². The lowest BCUT2D eigenvalue weighted by atomic mass is 10.0. The van der Waals surface area contributed by atoms with Gasteiger partial charge in [-0.1, -0.05) is 17.1 Å².